The highest BCUT2D eigenvalue weighted by Gasteiger charge is 1.91. The van der Waals surface area contributed by atoms with Gasteiger partial charge in [0.05, 0.1) is 23.6 Å². The average Bonchev–Trinajstić information content (AvgIpc) is 2.74. The molecular weight excluding hydrogens is 176 g/mol. The summed E-state index contributed by atoms with van der Waals surface area (Å²) < 4.78 is 7.82. The Hall–Kier alpha value is -1.63. The van der Waals surface area contributed by atoms with Crippen molar-refractivity contribution in [3.8, 4) is 0 Å². The Bertz CT molecular complexity index is 313. The van der Waals surface area contributed by atoms with Crippen LogP contribution in [0.3, 0.4) is 0 Å². The number of nitrogens with one attached hydrogen (secondary N) is 1. The lowest BCUT2D eigenvalue weighted by Crippen LogP contribution is -1.74. The summed E-state index contributed by atoms with van der Waals surface area (Å²) in [4.78, 5) is 0. The van der Waals surface area contributed by atoms with Gasteiger partial charge in [-0.3, -0.25) is 0 Å². The van der Waals surface area contributed by atoms with Crippen LogP contribution in [0.25, 0.3) is 12.2 Å². The molecule has 0 amide bonds. The third-order valence-electron chi connectivity index (χ3n) is 1.15. The van der Waals surface area contributed by atoms with E-state index in [2.05, 4.69) is 29.4 Å². The van der Waals surface area contributed by atoms with Gasteiger partial charge in [0.2, 0.25) is 0 Å². The van der Waals surface area contributed by atoms with E-state index < -0.39 is 0 Å². The number of hydrogen-bond donors (Lipinski definition) is 1. The van der Waals surface area contributed by atoms with Gasteiger partial charge in [-0.25, -0.2) is 5.10 Å². The predicted octanol–water partition coefficient (Wildman–Crippen LogP) is 0.222. The zero-order chi connectivity index (χ0) is 8.23. The molecule has 0 atom stereocenters. The van der Waals surface area contributed by atoms with Crippen molar-refractivity contribution in [1.29, 1.82) is 0 Å². The van der Waals surface area contributed by atoms with Crippen molar-refractivity contribution in [2.24, 2.45) is 0 Å². The van der Waals surface area contributed by atoms with E-state index in [1.807, 2.05) is 0 Å². The summed E-state index contributed by atoms with van der Waals surface area (Å²) in [6.45, 7) is 0. The molecule has 0 aromatic carbocycles. The highest BCUT2D eigenvalue weighted by molar-refractivity contribution is 6.99. The summed E-state index contributed by atoms with van der Waals surface area (Å²) in [5, 5.41) is 13.1. The van der Waals surface area contributed by atoms with Crippen LogP contribution in [0.15, 0.2) is 6.20 Å². The molecule has 2 heterocycles. The summed E-state index contributed by atoms with van der Waals surface area (Å²) in [7, 11) is 0. The number of nitrogens with zero attached hydrogens (tertiary/aromatic N) is 5. The second-order valence-corrected chi connectivity index (χ2v) is 2.51. The number of hydrogen-bond acceptors (Lipinski definition) is 6. The van der Waals surface area contributed by atoms with E-state index in [0.717, 1.165) is 17.4 Å². The maximum atomic E-state index is 3.98. The van der Waals surface area contributed by atoms with Gasteiger partial charge >= 0.3 is 0 Å². The van der Waals surface area contributed by atoms with Gasteiger partial charge in [0.15, 0.2) is 5.82 Å². The number of H-pyrrole nitrogens is 1. The van der Waals surface area contributed by atoms with Crippen LogP contribution in [0.2, 0.25) is 0 Å². The zero-order valence-corrected chi connectivity index (χ0v) is 6.69. The van der Waals surface area contributed by atoms with Crippen LogP contribution in [-0.4, -0.2) is 29.4 Å². The lowest BCUT2D eigenvalue weighted by atomic mass is 10.4. The van der Waals surface area contributed by atoms with E-state index in [0.29, 0.717) is 5.82 Å². The molecule has 12 heavy (non-hydrogen) atoms. The first-order chi connectivity index (χ1) is 5.95. The highest BCUT2D eigenvalue weighted by atomic mass is 32.1. The van der Waals surface area contributed by atoms with Crippen LogP contribution in [-0.2, 0) is 0 Å². The molecular formula is C5H4N6S. The van der Waals surface area contributed by atoms with Crippen molar-refractivity contribution >= 4 is 23.9 Å². The third kappa shape index (κ3) is 1.51. The summed E-state index contributed by atoms with van der Waals surface area (Å²) in [6.07, 6.45) is 5.19. The Labute approximate surface area is 71.7 Å². The van der Waals surface area contributed by atoms with Gasteiger partial charge in [0, 0.05) is 0 Å². The molecule has 0 spiro atoms. The molecule has 0 saturated carbocycles. The van der Waals surface area contributed by atoms with Gasteiger partial charge in [0.1, 0.15) is 0 Å². The minimum absolute atomic E-state index is 0.600. The van der Waals surface area contributed by atoms with Crippen molar-refractivity contribution in [1.82, 2.24) is 29.4 Å². The summed E-state index contributed by atoms with van der Waals surface area (Å²) in [5.74, 6) is 0.600. The second kappa shape index (κ2) is 3.18. The number of tetrazole rings is 1. The fourth-order valence-corrected chi connectivity index (χ4v) is 1.05. The molecule has 2 aromatic rings. The largest absolute Gasteiger partial charge is 0.239 e. The molecule has 0 unspecified atom stereocenters. The lowest BCUT2D eigenvalue weighted by molar-refractivity contribution is 0.881. The lowest BCUT2D eigenvalue weighted by Gasteiger charge is -1.78. The first kappa shape index (κ1) is 7.04. The smallest absolute Gasteiger partial charge is 0.172 e. The van der Waals surface area contributed by atoms with Gasteiger partial charge in [-0.2, -0.15) is 8.75 Å². The molecule has 0 aliphatic carbocycles. The normalized spacial score (nSPS) is 11.0. The standard InChI is InChI=1S/C5H4N6S/c1(4-3-6-12-9-4)2-5-7-10-11-8-5/h1-3H,(H,7,8,10,11)/b2-1+. The van der Waals surface area contributed by atoms with E-state index in [9.17, 15) is 0 Å². The predicted molar refractivity (Wildman–Crippen MR) is 43.0 cm³/mol. The van der Waals surface area contributed by atoms with E-state index in [4.69, 9.17) is 0 Å². The van der Waals surface area contributed by atoms with Crippen LogP contribution in [0.4, 0.5) is 0 Å². The van der Waals surface area contributed by atoms with Crippen molar-refractivity contribution < 1.29 is 0 Å². The zero-order valence-electron chi connectivity index (χ0n) is 5.88. The third-order valence-corrected chi connectivity index (χ3v) is 1.64. The fraction of sp³-hybridized carbons (Fsp3) is 0. The Morgan fingerprint density at radius 1 is 1.42 bits per heavy atom. The molecule has 60 valence electrons. The van der Waals surface area contributed by atoms with E-state index in [1.165, 1.54) is 0 Å². The number of rotatable bonds is 2. The maximum absolute atomic E-state index is 3.98. The number of aromatic nitrogens is 6. The van der Waals surface area contributed by atoms with Crippen molar-refractivity contribution in [3.63, 3.8) is 0 Å². The second-order valence-electron chi connectivity index (χ2n) is 1.95. The molecule has 0 bridgehead atoms. The molecule has 2 rings (SSSR count). The van der Waals surface area contributed by atoms with E-state index in [-0.39, 0.29) is 0 Å². The Balaban J connectivity index is 2.14. The first-order valence-corrected chi connectivity index (χ1v) is 3.87. The molecule has 0 aliphatic rings. The molecule has 2 aromatic heterocycles. The fourth-order valence-electron chi connectivity index (χ4n) is 0.647. The SMILES string of the molecule is C(=C\c1nnn[nH]1)/c1cnsn1. The van der Waals surface area contributed by atoms with Crippen LogP contribution in [0.1, 0.15) is 11.5 Å². The van der Waals surface area contributed by atoms with Gasteiger partial charge in [-0.15, -0.1) is 5.10 Å². The van der Waals surface area contributed by atoms with Gasteiger partial charge in [-0.1, -0.05) is 0 Å². The molecule has 0 aliphatic heterocycles. The van der Waals surface area contributed by atoms with Crippen molar-refractivity contribution in [3.05, 3.63) is 17.7 Å². The summed E-state index contributed by atoms with van der Waals surface area (Å²) in [6, 6.07) is 0. The highest BCUT2D eigenvalue weighted by Crippen LogP contribution is 2.00. The topological polar surface area (TPSA) is 80.2 Å². The monoisotopic (exact) mass is 180 g/mol. The molecule has 0 saturated heterocycles. The average molecular weight is 180 g/mol. The van der Waals surface area contributed by atoms with Crippen LogP contribution in [0.5, 0.6) is 0 Å². The molecule has 7 heteroatoms. The maximum Gasteiger partial charge on any atom is 0.172 e. The van der Waals surface area contributed by atoms with Gasteiger partial charge in [-0.05, 0) is 22.6 Å². The first-order valence-electron chi connectivity index (χ1n) is 3.14. The van der Waals surface area contributed by atoms with Crippen LogP contribution < -0.4 is 0 Å². The van der Waals surface area contributed by atoms with Gasteiger partial charge < -0.3 is 0 Å². The van der Waals surface area contributed by atoms with E-state index in [1.54, 1.807) is 18.3 Å². The van der Waals surface area contributed by atoms with Crippen LogP contribution in [0, 0.1) is 0 Å². The minimum Gasteiger partial charge on any atom is -0.239 e. The van der Waals surface area contributed by atoms with Crippen molar-refractivity contribution in [2.45, 2.75) is 0 Å². The molecule has 0 radical (unpaired) electrons. The quantitative estimate of drug-likeness (QED) is 0.715. The van der Waals surface area contributed by atoms with E-state index >= 15 is 0 Å². The van der Waals surface area contributed by atoms with Gasteiger partial charge in [0.25, 0.3) is 0 Å². The summed E-state index contributed by atoms with van der Waals surface area (Å²) in [5.41, 5.74) is 0.802. The van der Waals surface area contributed by atoms with Crippen molar-refractivity contribution in [2.75, 3.05) is 0 Å². The minimum atomic E-state index is 0.600. The molecule has 0 fully saturated rings. The molecule has 1 N–H and O–H groups in total. The number of aromatic amines is 1. The Kier molecular flexibility index (Phi) is 1.87. The summed E-state index contributed by atoms with van der Waals surface area (Å²) >= 11 is 1.16. The molecule has 6 nitrogen and oxygen atoms in total. The Morgan fingerprint density at radius 2 is 2.42 bits per heavy atom. The van der Waals surface area contributed by atoms with Crippen LogP contribution >= 0.6 is 11.7 Å². The Morgan fingerprint density at radius 3 is 3.08 bits per heavy atom.